The molecule has 4 rings (SSSR count). The van der Waals surface area contributed by atoms with Crippen LogP contribution in [0.25, 0.3) is 11.0 Å². The van der Waals surface area contributed by atoms with Gasteiger partial charge in [-0.15, -0.1) is 0 Å². The topological polar surface area (TPSA) is 62.8 Å². The molecule has 118 valence electrons. The van der Waals surface area contributed by atoms with Gasteiger partial charge in [0.05, 0.1) is 5.39 Å². The van der Waals surface area contributed by atoms with Crippen molar-refractivity contribution in [1.82, 2.24) is 15.0 Å². The quantitative estimate of drug-likeness (QED) is 0.914. The van der Waals surface area contributed by atoms with Gasteiger partial charge in [0.2, 0.25) is 0 Å². The SMILES string of the molecule is CCc1c[nH]c2ncnc(NC3CCC4COCCC4C3)c12. The maximum absolute atomic E-state index is 5.62. The van der Waals surface area contributed by atoms with E-state index in [9.17, 15) is 0 Å². The predicted octanol–water partition coefficient (Wildman–Crippen LogP) is 3.14. The first-order valence-electron chi connectivity index (χ1n) is 8.50. The number of ether oxygens (including phenoxy) is 1. The first-order valence-corrected chi connectivity index (χ1v) is 8.50. The first kappa shape index (κ1) is 14.0. The molecule has 1 saturated carbocycles. The number of aromatic nitrogens is 3. The summed E-state index contributed by atoms with van der Waals surface area (Å²) in [5, 5.41) is 4.87. The monoisotopic (exact) mass is 300 g/mol. The Morgan fingerprint density at radius 1 is 1.27 bits per heavy atom. The highest BCUT2D eigenvalue weighted by atomic mass is 16.5. The molecule has 1 aliphatic carbocycles. The molecule has 2 N–H and O–H groups in total. The van der Waals surface area contributed by atoms with Crippen molar-refractivity contribution in [3.63, 3.8) is 0 Å². The van der Waals surface area contributed by atoms with E-state index < -0.39 is 0 Å². The van der Waals surface area contributed by atoms with E-state index in [0.717, 1.165) is 42.9 Å². The molecule has 2 aliphatic rings. The van der Waals surface area contributed by atoms with Crippen LogP contribution < -0.4 is 5.32 Å². The summed E-state index contributed by atoms with van der Waals surface area (Å²) in [4.78, 5) is 12.1. The summed E-state index contributed by atoms with van der Waals surface area (Å²) in [6.45, 7) is 4.07. The van der Waals surface area contributed by atoms with Crippen LogP contribution in [0.1, 0.15) is 38.2 Å². The van der Waals surface area contributed by atoms with Gasteiger partial charge in [0, 0.05) is 25.5 Å². The van der Waals surface area contributed by atoms with E-state index in [-0.39, 0.29) is 0 Å². The molecule has 3 heterocycles. The van der Waals surface area contributed by atoms with Crippen molar-refractivity contribution in [3.8, 4) is 0 Å². The number of nitrogens with zero attached hydrogens (tertiary/aromatic N) is 2. The number of H-pyrrole nitrogens is 1. The zero-order valence-electron chi connectivity index (χ0n) is 13.1. The van der Waals surface area contributed by atoms with Crippen molar-refractivity contribution in [1.29, 1.82) is 0 Å². The number of anilines is 1. The molecule has 22 heavy (non-hydrogen) atoms. The lowest BCUT2D eigenvalue weighted by atomic mass is 9.75. The third kappa shape index (κ3) is 2.47. The van der Waals surface area contributed by atoms with Crippen LogP contribution >= 0.6 is 0 Å². The number of hydrogen-bond acceptors (Lipinski definition) is 4. The second-order valence-electron chi connectivity index (χ2n) is 6.65. The van der Waals surface area contributed by atoms with Crippen LogP contribution in [0.2, 0.25) is 0 Å². The van der Waals surface area contributed by atoms with Crippen molar-refractivity contribution in [3.05, 3.63) is 18.1 Å². The minimum absolute atomic E-state index is 0.525. The number of aryl methyl sites for hydroxylation is 1. The normalized spacial score (nSPS) is 28.5. The average Bonchev–Trinajstić information content (AvgIpc) is 2.99. The molecule has 2 aromatic rings. The van der Waals surface area contributed by atoms with E-state index in [2.05, 4.69) is 33.4 Å². The van der Waals surface area contributed by atoms with Gasteiger partial charge in [-0.05, 0) is 49.5 Å². The van der Waals surface area contributed by atoms with E-state index in [1.54, 1.807) is 6.33 Å². The molecule has 3 atom stereocenters. The van der Waals surface area contributed by atoms with Gasteiger partial charge in [0.25, 0.3) is 0 Å². The van der Waals surface area contributed by atoms with Crippen molar-refractivity contribution < 1.29 is 4.74 Å². The summed E-state index contributed by atoms with van der Waals surface area (Å²) in [6, 6.07) is 0.525. The van der Waals surface area contributed by atoms with Crippen LogP contribution in [0, 0.1) is 11.8 Å². The summed E-state index contributed by atoms with van der Waals surface area (Å²) < 4.78 is 5.62. The van der Waals surface area contributed by atoms with Gasteiger partial charge in [0.15, 0.2) is 0 Å². The molecule has 0 amide bonds. The third-order valence-corrected chi connectivity index (χ3v) is 5.38. The molecule has 1 saturated heterocycles. The number of hydrogen-bond donors (Lipinski definition) is 2. The Kier molecular flexibility index (Phi) is 3.74. The van der Waals surface area contributed by atoms with E-state index in [1.165, 1.54) is 36.6 Å². The molecular weight excluding hydrogens is 276 g/mol. The molecule has 5 nitrogen and oxygen atoms in total. The second-order valence-corrected chi connectivity index (χ2v) is 6.65. The largest absolute Gasteiger partial charge is 0.381 e. The fourth-order valence-corrected chi connectivity index (χ4v) is 4.11. The van der Waals surface area contributed by atoms with Crippen molar-refractivity contribution in [2.24, 2.45) is 11.8 Å². The van der Waals surface area contributed by atoms with Gasteiger partial charge in [-0.1, -0.05) is 6.92 Å². The lowest BCUT2D eigenvalue weighted by Gasteiger charge is -2.39. The highest BCUT2D eigenvalue weighted by Crippen LogP contribution is 2.37. The van der Waals surface area contributed by atoms with Crippen LogP contribution in [-0.2, 0) is 11.2 Å². The average molecular weight is 300 g/mol. The summed E-state index contributed by atoms with van der Waals surface area (Å²) in [6.07, 6.45) is 9.64. The molecule has 2 fully saturated rings. The number of rotatable bonds is 3. The summed E-state index contributed by atoms with van der Waals surface area (Å²) in [5.74, 6) is 2.59. The second kappa shape index (κ2) is 5.88. The molecule has 0 spiro atoms. The molecule has 1 aliphatic heterocycles. The van der Waals surface area contributed by atoms with Crippen molar-refractivity contribution in [2.75, 3.05) is 18.5 Å². The van der Waals surface area contributed by atoms with E-state index in [1.807, 2.05) is 0 Å². The molecule has 0 radical (unpaired) electrons. The molecule has 0 aromatic carbocycles. The fourth-order valence-electron chi connectivity index (χ4n) is 4.11. The Bertz CT molecular complexity index is 653. The standard InChI is InChI=1S/C17H24N4O/c1-2-11-8-18-16-15(11)17(20-10-19-16)21-14-4-3-13-9-22-6-5-12(13)7-14/h8,10,12-14H,2-7,9H2,1H3,(H2,18,19,20,21). The molecule has 0 bridgehead atoms. The van der Waals surface area contributed by atoms with E-state index >= 15 is 0 Å². The first-order chi connectivity index (χ1) is 10.8. The zero-order chi connectivity index (χ0) is 14.9. The highest BCUT2D eigenvalue weighted by Gasteiger charge is 2.33. The van der Waals surface area contributed by atoms with Gasteiger partial charge in [-0.25, -0.2) is 9.97 Å². The van der Waals surface area contributed by atoms with Gasteiger partial charge < -0.3 is 15.0 Å². The van der Waals surface area contributed by atoms with Crippen molar-refractivity contribution in [2.45, 2.75) is 45.1 Å². The number of fused-ring (bicyclic) bond motifs is 2. The van der Waals surface area contributed by atoms with Crippen LogP contribution in [0.4, 0.5) is 5.82 Å². The Morgan fingerprint density at radius 2 is 2.23 bits per heavy atom. The lowest BCUT2D eigenvalue weighted by Crippen LogP contribution is -2.38. The van der Waals surface area contributed by atoms with Gasteiger partial charge in [0.1, 0.15) is 17.8 Å². The highest BCUT2D eigenvalue weighted by molar-refractivity contribution is 5.90. The maximum Gasteiger partial charge on any atom is 0.143 e. The Morgan fingerprint density at radius 3 is 3.14 bits per heavy atom. The summed E-state index contributed by atoms with van der Waals surface area (Å²) in [5.41, 5.74) is 2.23. The van der Waals surface area contributed by atoms with Crippen LogP contribution in [-0.4, -0.2) is 34.2 Å². The van der Waals surface area contributed by atoms with Gasteiger partial charge in [-0.2, -0.15) is 0 Å². The van der Waals surface area contributed by atoms with E-state index in [4.69, 9.17) is 4.74 Å². The molecule has 3 unspecified atom stereocenters. The maximum atomic E-state index is 5.62. The molecule has 2 aromatic heterocycles. The summed E-state index contributed by atoms with van der Waals surface area (Å²) >= 11 is 0. The van der Waals surface area contributed by atoms with Gasteiger partial charge in [-0.3, -0.25) is 0 Å². The van der Waals surface area contributed by atoms with Gasteiger partial charge >= 0.3 is 0 Å². The third-order valence-electron chi connectivity index (χ3n) is 5.38. The van der Waals surface area contributed by atoms with Crippen LogP contribution in [0.5, 0.6) is 0 Å². The Labute approximate surface area is 130 Å². The number of aromatic amines is 1. The molecule has 5 heteroatoms. The van der Waals surface area contributed by atoms with Crippen LogP contribution in [0.15, 0.2) is 12.5 Å². The fraction of sp³-hybridized carbons (Fsp3) is 0.647. The van der Waals surface area contributed by atoms with Crippen LogP contribution in [0.3, 0.4) is 0 Å². The minimum atomic E-state index is 0.525. The Balaban J connectivity index is 1.55. The van der Waals surface area contributed by atoms with Crippen molar-refractivity contribution >= 4 is 16.9 Å². The minimum Gasteiger partial charge on any atom is -0.381 e. The number of nitrogens with one attached hydrogen (secondary N) is 2. The lowest BCUT2D eigenvalue weighted by molar-refractivity contribution is -0.00364. The Hall–Kier alpha value is -1.62. The predicted molar refractivity (Wildman–Crippen MR) is 86.9 cm³/mol. The summed E-state index contributed by atoms with van der Waals surface area (Å²) in [7, 11) is 0. The van der Waals surface area contributed by atoms with E-state index in [0.29, 0.717) is 6.04 Å². The molecular formula is C17H24N4O. The smallest absolute Gasteiger partial charge is 0.143 e. The zero-order valence-corrected chi connectivity index (χ0v) is 13.1.